The summed E-state index contributed by atoms with van der Waals surface area (Å²) in [4.78, 5) is 31.3. The lowest BCUT2D eigenvalue weighted by atomic mass is 10.0. The minimum Gasteiger partial charge on any atom is -0.465 e. The van der Waals surface area contributed by atoms with Gasteiger partial charge in [0.1, 0.15) is 0 Å². The summed E-state index contributed by atoms with van der Waals surface area (Å²) in [6, 6.07) is 15.6. The van der Waals surface area contributed by atoms with Gasteiger partial charge in [-0.3, -0.25) is 4.79 Å². The van der Waals surface area contributed by atoms with Crippen LogP contribution in [0.25, 0.3) is 33.5 Å². The molecule has 2 unspecified atom stereocenters. The van der Waals surface area contributed by atoms with Crippen LogP contribution in [0.5, 0.6) is 0 Å². The van der Waals surface area contributed by atoms with E-state index in [2.05, 4.69) is 39.6 Å². The zero-order chi connectivity index (χ0) is 25.4. The van der Waals surface area contributed by atoms with Crippen molar-refractivity contribution >= 4 is 33.9 Å². The molecule has 3 heterocycles. The fourth-order valence-electron chi connectivity index (χ4n) is 5.31. The largest absolute Gasteiger partial charge is 0.465 e. The fraction of sp³-hybridized carbons (Fsp3) is 0.370. The highest BCUT2D eigenvalue weighted by molar-refractivity contribution is 5.98. The minimum atomic E-state index is -1.12. The van der Waals surface area contributed by atoms with E-state index < -0.39 is 12.1 Å². The van der Waals surface area contributed by atoms with E-state index in [-0.39, 0.29) is 18.6 Å². The number of para-hydroxylation sites is 1. The molecule has 4 aromatic rings. The number of rotatable bonds is 6. The van der Waals surface area contributed by atoms with Crippen LogP contribution in [0.3, 0.4) is 0 Å². The number of fused-ring (bicyclic) bond motifs is 2. The van der Waals surface area contributed by atoms with Crippen LogP contribution < -0.4 is 5.32 Å². The van der Waals surface area contributed by atoms with Gasteiger partial charge >= 0.3 is 6.09 Å². The standard InChI is InChI=1S/C27H31N5O4/c1-4-32-21-9-7-6-8-17(21)15-23(32)25-28-19-14-18(10-11-22(19)30(25)3)26(33)31-13-12-24(36-5-2)20(16-31)29-27(34)35/h6-11,14-15,20,24,29H,4-5,12-13,16H2,1-3H3,(H,34,35). The number of imidazole rings is 1. The van der Waals surface area contributed by atoms with E-state index in [4.69, 9.17) is 9.72 Å². The van der Waals surface area contributed by atoms with Crippen LogP contribution in [-0.4, -0.2) is 68.0 Å². The van der Waals surface area contributed by atoms with Gasteiger partial charge in [-0.05, 0) is 50.6 Å². The Morgan fingerprint density at radius 2 is 1.94 bits per heavy atom. The van der Waals surface area contributed by atoms with E-state index in [1.54, 1.807) is 4.90 Å². The van der Waals surface area contributed by atoms with Crippen molar-refractivity contribution in [2.75, 3.05) is 19.7 Å². The Balaban J connectivity index is 1.45. The number of likely N-dealkylation sites (tertiary alicyclic amines) is 1. The third-order valence-electron chi connectivity index (χ3n) is 7.01. The molecule has 0 aliphatic carbocycles. The molecule has 5 rings (SSSR count). The number of carboxylic acid groups (broad SMARTS) is 1. The van der Waals surface area contributed by atoms with Crippen LogP contribution in [-0.2, 0) is 18.3 Å². The molecule has 9 heteroatoms. The number of aryl methyl sites for hydroxylation is 2. The van der Waals surface area contributed by atoms with Crippen LogP contribution in [0.4, 0.5) is 4.79 Å². The Morgan fingerprint density at radius 1 is 1.14 bits per heavy atom. The summed E-state index contributed by atoms with van der Waals surface area (Å²) < 4.78 is 10.0. The van der Waals surface area contributed by atoms with Crippen molar-refractivity contribution in [2.45, 2.75) is 39.0 Å². The summed E-state index contributed by atoms with van der Waals surface area (Å²) in [6.07, 6.45) is -0.797. The summed E-state index contributed by atoms with van der Waals surface area (Å²) in [6.45, 7) is 6.08. The predicted octanol–water partition coefficient (Wildman–Crippen LogP) is 4.10. The summed E-state index contributed by atoms with van der Waals surface area (Å²) >= 11 is 0. The van der Waals surface area contributed by atoms with E-state index in [1.807, 2.05) is 44.3 Å². The summed E-state index contributed by atoms with van der Waals surface area (Å²) in [5.74, 6) is 0.704. The first-order valence-electron chi connectivity index (χ1n) is 12.4. The molecule has 2 aromatic carbocycles. The number of hydrogen-bond acceptors (Lipinski definition) is 4. The normalized spacial score (nSPS) is 18.1. The van der Waals surface area contributed by atoms with Crippen LogP contribution in [0, 0.1) is 0 Å². The molecule has 1 fully saturated rings. The van der Waals surface area contributed by atoms with Crippen molar-refractivity contribution in [2.24, 2.45) is 7.05 Å². The van der Waals surface area contributed by atoms with Gasteiger partial charge in [0.25, 0.3) is 5.91 Å². The maximum Gasteiger partial charge on any atom is 0.405 e. The Morgan fingerprint density at radius 3 is 2.69 bits per heavy atom. The molecular formula is C27H31N5O4. The molecule has 1 saturated heterocycles. The number of amides is 2. The first-order valence-corrected chi connectivity index (χ1v) is 12.4. The molecule has 1 aliphatic rings. The number of ether oxygens (including phenoxy) is 1. The van der Waals surface area contributed by atoms with Gasteiger partial charge in [-0.15, -0.1) is 0 Å². The molecule has 1 aliphatic heterocycles. The number of hydrogen-bond donors (Lipinski definition) is 2. The predicted molar refractivity (Wildman–Crippen MR) is 138 cm³/mol. The zero-order valence-electron chi connectivity index (χ0n) is 20.8. The van der Waals surface area contributed by atoms with Gasteiger partial charge in [-0.25, -0.2) is 9.78 Å². The van der Waals surface area contributed by atoms with E-state index in [9.17, 15) is 14.7 Å². The lowest BCUT2D eigenvalue weighted by molar-refractivity contribution is -0.00671. The SMILES string of the molecule is CCOC1CCN(C(=O)c2ccc3c(c2)nc(-c2cc4ccccc4n2CC)n3C)CC1NC(=O)O. The Hall–Kier alpha value is -3.85. The van der Waals surface area contributed by atoms with Gasteiger partial charge < -0.3 is 29.2 Å². The number of nitrogens with one attached hydrogen (secondary N) is 1. The molecule has 2 N–H and O–H groups in total. The van der Waals surface area contributed by atoms with Crippen molar-refractivity contribution in [3.8, 4) is 11.5 Å². The zero-order valence-corrected chi connectivity index (χ0v) is 20.8. The highest BCUT2D eigenvalue weighted by atomic mass is 16.5. The van der Waals surface area contributed by atoms with Crippen molar-refractivity contribution in [3.05, 3.63) is 54.1 Å². The second-order valence-corrected chi connectivity index (χ2v) is 9.12. The summed E-state index contributed by atoms with van der Waals surface area (Å²) in [7, 11) is 1.99. The number of carbonyl (C=O) groups is 2. The lowest BCUT2D eigenvalue weighted by Gasteiger charge is -2.38. The van der Waals surface area contributed by atoms with E-state index in [0.29, 0.717) is 25.1 Å². The molecule has 2 aromatic heterocycles. The maximum atomic E-state index is 13.4. The molecule has 188 valence electrons. The Bertz CT molecular complexity index is 1440. The highest BCUT2D eigenvalue weighted by Crippen LogP contribution is 2.30. The molecule has 9 nitrogen and oxygen atoms in total. The van der Waals surface area contributed by atoms with Crippen LogP contribution in [0.2, 0.25) is 0 Å². The second-order valence-electron chi connectivity index (χ2n) is 9.12. The van der Waals surface area contributed by atoms with Gasteiger partial charge in [0.15, 0.2) is 5.82 Å². The topological polar surface area (TPSA) is 102 Å². The van der Waals surface area contributed by atoms with E-state index in [0.717, 1.165) is 40.0 Å². The maximum absolute atomic E-state index is 13.4. The average molecular weight is 490 g/mol. The monoisotopic (exact) mass is 489 g/mol. The fourth-order valence-corrected chi connectivity index (χ4v) is 5.31. The highest BCUT2D eigenvalue weighted by Gasteiger charge is 2.33. The number of benzene rings is 2. The van der Waals surface area contributed by atoms with Crippen molar-refractivity contribution < 1.29 is 19.4 Å². The lowest BCUT2D eigenvalue weighted by Crippen LogP contribution is -2.57. The van der Waals surface area contributed by atoms with E-state index >= 15 is 0 Å². The molecule has 36 heavy (non-hydrogen) atoms. The number of carbonyl (C=O) groups excluding carboxylic acids is 1. The van der Waals surface area contributed by atoms with Crippen molar-refractivity contribution in [3.63, 3.8) is 0 Å². The Kier molecular flexibility index (Phi) is 6.40. The summed E-state index contributed by atoms with van der Waals surface area (Å²) in [5.41, 5.74) is 4.42. The van der Waals surface area contributed by atoms with Crippen LogP contribution >= 0.6 is 0 Å². The van der Waals surface area contributed by atoms with Crippen LogP contribution in [0.15, 0.2) is 48.5 Å². The third-order valence-corrected chi connectivity index (χ3v) is 7.01. The number of nitrogens with zero attached hydrogens (tertiary/aromatic N) is 4. The first-order chi connectivity index (χ1) is 17.4. The molecule has 0 saturated carbocycles. The van der Waals surface area contributed by atoms with Gasteiger partial charge in [0.05, 0.1) is 28.9 Å². The van der Waals surface area contributed by atoms with Crippen LogP contribution in [0.1, 0.15) is 30.6 Å². The summed E-state index contributed by atoms with van der Waals surface area (Å²) in [5, 5.41) is 12.9. The van der Waals surface area contributed by atoms with Gasteiger partial charge in [-0.1, -0.05) is 18.2 Å². The quantitative estimate of drug-likeness (QED) is 0.425. The minimum absolute atomic E-state index is 0.140. The van der Waals surface area contributed by atoms with Crippen molar-refractivity contribution in [1.82, 2.24) is 24.3 Å². The van der Waals surface area contributed by atoms with Gasteiger partial charge in [0.2, 0.25) is 0 Å². The number of aromatic nitrogens is 3. The second kappa shape index (κ2) is 9.66. The smallest absolute Gasteiger partial charge is 0.405 e. The third kappa shape index (κ3) is 4.19. The van der Waals surface area contributed by atoms with Gasteiger partial charge in [-0.2, -0.15) is 0 Å². The van der Waals surface area contributed by atoms with Gasteiger partial charge in [0, 0.05) is 49.8 Å². The molecular weight excluding hydrogens is 458 g/mol. The molecule has 0 bridgehead atoms. The molecule has 2 atom stereocenters. The number of piperidine rings is 1. The molecule has 2 amide bonds. The molecule has 0 radical (unpaired) electrons. The molecule has 0 spiro atoms. The first kappa shape index (κ1) is 23.9. The Labute approximate surface area is 209 Å². The van der Waals surface area contributed by atoms with E-state index in [1.165, 1.54) is 0 Å². The van der Waals surface area contributed by atoms with Crippen molar-refractivity contribution in [1.29, 1.82) is 0 Å². The average Bonchev–Trinajstić information content (AvgIpc) is 3.41.